The number of carboxylic acid groups (broad SMARTS) is 1. The predicted octanol–water partition coefficient (Wildman–Crippen LogP) is -0.997. The molecule has 0 saturated heterocycles. The number of amides is 3. The van der Waals surface area contributed by atoms with Crippen LogP contribution in [0.25, 0.3) is 0 Å². The largest absolute Gasteiger partial charge is 0.508 e. The van der Waals surface area contributed by atoms with Gasteiger partial charge in [0.25, 0.3) is 0 Å². The van der Waals surface area contributed by atoms with Gasteiger partial charge >= 0.3 is 5.97 Å². The molecule has 0 saturated carbocycles. The number of hydrazine groups is 1. The van der Waals surface area contributed by atoms with Gasteiger partial charge in [-0.15, -0.1) is 0 Å². The molecule has 8 N–H and O–H groups in total. The highest BCUT2D eigenvalue weighted by Gasteiger charge is 2.29. The molecule has 0 bridgehead atoms. The van der Waals surface area contributed by atoms with Gasteiger partial charge in [0, 0.05) is 6.42 Å². The molecule has 3 amide bonds. The Kier molecular flexibility index (Phi) is 10.4. The van der Waals surface area contributed by atoms with Crippen molar-refractivity contribution in [3.05, 3.63) is 29.8 Å². The van der Waals surface area contributed by atoms with Crippen molar-refractivity contribution in [3.63, 3.8) is 0 Å². The average molecular weight is 437 g/mol. The van der Waals surface area contributed by atoms with E-state index in [1.165, 1.54) is 19.1 Å². The fraction of sp³-hybridized carbons (Fsp3) is 0.500. The molecule has 0 radical (unpaired) electrons. The zero-order valence-electron chi connectivity index (χ0n) is 17.8. The fourth-order valence-electron chi connectivity index (χ4n) is 2.77. The molecule has 0 spiro atoms. The van der Waals surface area contributed by atoms with Gasteiger partial charge in [-0.1, -0.05) is 26.0 Å². The van der Waals surface area contributed by atoms with E-state index in [9.17, 15) is 24.3 Å². The van der Waals surface area contributed by atoms with Crippen molar-refractivity contribution in [3.8, 4) is 5.75 Å². The molecule has 0 aliphatic rings. The normalized spacial score (nSPS) is 13.7. The smallest absolute Gasteiger partial charge is 0.325 e. The monoisotopic (exact) mass is 437 g/mol. The molecule has 1 aromatic carbocycles. The van der Waals surface area contributed by atoms with E-state index in [1.807, 2.05) is 13.8 Å². The summed E-state index contributed by atoms with van der Waals surface area (Å²) in [7, 11) is 0. The number of carbonyl (C=O) groups excluding carboxylic acids is 3. The molecule has 11 heteroatoms. The lowest BCUT2D eigenvalue weighted by molar-refractivity contribution is -0.141. The number of aromatic hydroxyl groups is 1. The summed E-state index contributed by atoms with van der Waals surface area (Å²) >= 11 is 0. The van der Waals surface area contributed by atoms with Crippen molar-refractivity contribution < 1.29 is 29.4 Å². The number of phenolic OH excluding ortho intramolecular Hbond substituents is 1. The third-order valence-corrected chi connectivity index (χ3v) is 4.36. The maximum Gasteiger partial charge on any atom is 0.325 e. The summed E-state index contributed by atoms with van der Waals surface area (Å²) in [5.41, 5.74) is 2.87. The molecule has 1 aromatic rings. The van der Waals surface area contributed by atoms with Gasteiger partial charge in [-0.2, -0.15) is 0 Å². The number of rotatable bonds is 12. The van der Waals surface area contributed by atoms with Gasteiger partial charge in [0.15, 0.2) is 0 Å². The molecule has 0 aromatic heterocycles. The quantitative estimate of drug-likeness (QED) is 0.160. The van der Waals surface area contributed by atoms with Crippen LogP contribution < -0.4 is 27.2 Å². The number of carbonyl (C=O) groups is 4. The number of nitrogens with one attached hydrogen (secondary N) is 4. The van der Waals surface area contributed by atoms with Crippen LogP contribution in [0.5, 0.6) is 5.75 Å². The molecular weight excluding hydrogens is 406 g/mol. The molecule has 0 unspecified atom stereocenters. The van der Waals surface area contributed by atoms with Crippen LogP contribution in [0.1, 0.15) is 32.8 Å². The summed E-state index contributed by atoms with van der Waals surface area (Å²) in [6.45, 7) is 4.82. The lowest BCUT2D eigenvalue weighted by Crippen LogP contribution is -2.57. The zero-order chi connectivity index (χ0) is 23.6. The van der Waals surface area contributed by atoms with E-state index in [4.69, 9.17) is 10.9 Å². The highest BCUT2D eigenvalue weighted by molar-refractivity contribution is 5.93. The van der Waals surface area contributed by atoms with Crippen molar-refractivity contribution >= 4 is 23.7 Å². The maximum absolute atomic E-state index is 12.9. The number of carboxylic acids is 1. The second-order valence-corrected chi connectivity index (χ2v) is 7.63. The van der Waals surface area contributed by atoms with Crippen LogP contribution in [-0.4, -0.2) is 58.6 Å². The highest BCUT2D eigenvalue weighted by Crippen LogP contribution is 2.12. The van der Waals surface area contributed by atoms with Crippen LogP contribution in [0.2, 0.25) is 0 Å². The fourth-order valence-corrected chi connectivity index (χ4v) is 2.77. The molecule has 1 rings (SSSR count). The van der Waals surface area contributed by atoms with Crippen molar-refractivity contribution in [1.82, 2.24) is 21.4 Å². The number of nitrogens with two attached hydrogens (primary N) is 1. The zero-order valence-corrected chi connectivity index (χ0v) is 17.8. The minimum Gasteiger partial charge on any atom is -0.508 e. The average Bonchev–Trinajstić information content (AvgIpc) is 2.68. The Balaban J connectivity index is 3.00. The van der Waals surface area contributed by atoms with E-state index in [0.29, 0.717) is 5.56 Å². The number of hydrogen-bond acceptors (Lipinski definition) is 7. The standard InChI is InChI=1S/C20H31N5O6/c1-11(2)8-15(18(28)23-12(3)20(30)31)25-19(29)16(24-17(27)10-22-21)9-13-4-6-14(26)7-5-13/h4-7,11-12,15-16,22,26H,8-10,21H2,1-3H3,(H,23,28)(H,24,27)(H,25,29)(H,30,31)/t12-,15-,16-/m0/s1. The summed E-state index contributed by atoms with van der Waals surface area (Å²) in [6, 6.07) is 2.99. The van der Waals surface area contributed by atoms with E-state index in [-0.39, 0.29) is 31.1 Å². The van der Waals surface area contributed by atoms with Gasteiger partial charge in [0.2, 0.25) is 17.7 Å². The second kappa shape index (κ2) is 12.5. The predicted molar refractivity (Wildman–Crippen MR) is 113 cm³/mol. The van der Waals surface area contributed by atoms with Crippen molar-refractivity contribution in [1.29, 1.82) is 0 Å². The molecular formula is C20H31N5O6. The molecule has 0 heterocycles. The molecule has 11 nitrogen and oxygen atoms in total. The summed E-state index contributed by atoms with van der Waals surface area (Å²) in [5, 5.41) is 26.0. The first-order chi connectivity index (χ1) is 14.5. The van der Waals surface area contributed by atoms with Gasteiger partial charge < -0.3 is 26.2 Å². The Morgan fingerprint density at radius 2 is 1.52 bits per heavy atom. The van der Waals surface area contributed by atoms with E-state index < -0.39 is 41.8 Å². The number of aliphatic carboxylic acids is 1. The number of hydrogen-bond donors (Lipinski definition) is 7. The Morgan fingerprint density at radius 3 is 2.03 bits per heavy atom. The van der Waals surface area contributed by atoms with Gasteiger partial charge in [0.1, 0.15) is 23.9 Å². The number of benzene rings is 1. The third kappa shape index (κ3) is 9.45. The van der Waals surface area contributed by atoms with E-state index >= 15 is 0 Å². The maximum atomic E-state index is 12.9. The van der Waals surface area contributed by atoms with Crippen LogP contribution >= 0.6 is 0 Å². The van der Waals surface area contributed by atoms with Crippen molar-refractivity contribution in [2.45, 2.75) is 51.7 Å². The highest BCUT2D eigenvalue weighted by atomic mass is 16.4. The Hall–Kier alpha value is -3.18. The van der Waals surface area contributed by atoms with Gasteiger partial charge in [-0.3, -0.25) is 30.4 Å². The van der Waals surface area contributed by atoms with E-state index in [1.54, 1.807) is 12.1 Å². The van der Waals surface area contributed by atoms with Gasteiger partial charge in [0.05, 0.1) is 6.54 Å². The van der Waals surface area contributed by atoms with Crippen LogP contribution in [0.3, 0.4) is 0 Å². The summed E-state index contributed by atoms with van der Waals surface area (Å²) in [5.74, 6) is 2.28. The van der Waals surface area contributed by atoms with E-state index in [0.717, 1.165) is 0 Å². The topological polar surface area (TPSA) is 183 Å². The Labute approximate surface area is 180 Å². The minimum atomic E-state index is -1.20. The lowest BCUT2D eigenvalue weighted by atomic mass is 10.0. The lowest BCUT2D eigenvalue weighted by Gasteiger charge is -2.25. The summed E-state index contributed by atoms with van der Waals surface area (Å²) in [4.78, 5) is 48.5. The summed E-state index contributed by atoms with van der Waals surface area (Å²) in [6.07, 6.45) is 0.373. The summed E-state index contributed by atoms with van der Waals surface area (Å²) < 4.78 is 0. The van der Waals surface area contributed by atoms with Crippen LogP contribution in [0.4, 0.5) is 0 Å². The van der Waals surface area contributed by atoms with Gasteiger partial charge in [-0.05, 0) is 37.0 Å². The molecule has 172 valence electrons. The molecule has 3 atom stereocenters. The molecule has 0 aliphatic heterocycles. The van der Waals surface area contributed by atoms with Crippen LogP contribution in [-0.2, 0) is 25.6 Å². The van der Waals surface area contributed by atoms with Crippen LogP contribution in [0.15, 0.2) is 24.3 Å². The first-order valence-electron chi connectivity index (χ1n) is 9.87. The Morgan fingerprint density at radius 1 is 0.935 bits per heavy atom. The SMILES string of the molecule is CC(C)C[C@H](NC(=O)[C@H](Cc1ccc(O)cc1)NC(=O)CNN)C(=O)N[C@@H](C)C(=O)O. The molecule has 0 fully saturated rings. The van der Waals surface area contributed by atoms with Crippen LogP contribution in [0, 0.1) is 5.92 Å². The molecule has 0 aliphatic carbocycles. The van der Waals surface area contributed by atoms with Crippen molar-refractivity contribution in [2.75, 3.05) is 6.54 Å². The van der Waals surface area contributed by atoms with E-state index in [2.05, 4.69) is 21.4 Å². The molecule has 31 heavy (non-hydrogen) atoms. The first-order valence-corrected chi connectivity index (χ1v) is 9.87. The van der Waals surface area contributed by atoms with Gasteiger partial charge in [-0.25, -0.2) is 0 Å². The number of phenols is 1. The first kappa shape index (κ1) is 25.9. The minimum absolute atomic E-state index is 0.0303. The third-order valence-electron chi connectivity index (χ3n) is 4.36. The second-order valence-electron chi connectivity index (χ2n) is 7.63. The van der Waals surface area contributed by atoms with Crippen molar-refractivity contribution in [2.24, 2.45) is 11.8 Å². The Bertz CT molecular complexity index is 768.